The number of methoxy groups -OCH3 is 1. The number of hydrogen-bond acceptors (Lipinski definition) is 4. The number of aromatic amines is 1. The van der Waals surface area contributed by atoms with E-state index < -0.39 is 5.97 Å². The van der Waals surface area contributed by atoms with Crippen LogP contribution in [0.4, 0.5) is 11.6 Å². The largest absolute Gasteiger partial charge is 0.497 e. The smallest absolute Gasteiger partial charge is 0.307 e. The van der Waals surface area contributed by atoms with Crippen LogP contribution in [0.5, 0.6) is 5.75 Å². The molecule has 0 amide bonds. The van der Waals surface area contributed by atoms with Crippen molar-refractivity contribution in [3.63, 3.8) is 0 Å². The molecule has 0 aliphatic rings. The minimum Gasteiger partial charge on any atom is -0.497 e. The van der Waals surface area contributed by atoms with Crippen LogP contribution in [-0.4, -0.2) is 28.2 Å². The van der Waals surface area contributed by atoms with E-state index in [4.69, 9.17) is 9.84 Å². The van der Waals surface area contributed by atoms with Crippen molar-refractivity contribution in [3.8, 4) is 5.75 Å². The number of aromatic nitrogens is 2. The summed E-state index contributed by atoms with van der Waals surface area (Å²) in [4.78, 5) is 18.3. The van der Waals surface area contributed by atoms with Gasteiger partial charge in [-0.1, -0.05) is 12.1 Å². The highest BCUT2D eigenvalue weighted by Gasteiger charge is 2.05. The summed E-state index contributed by atoms with van der Waals surface area (Å²) in [5, 5.41) is 11.9. The molecule has 6 heteroatoms. The highest BCUT2D eigenvalue weighted by molar-refractivity contribution is 5.80. The Bertz CT molecular complexity index is 809. The Morgan fingerprint density at radius 1 is 1.27 bits per heavy atom. The number of anilines is 2. The monoisotopic (exact) mass is 297 g/mol. The molecule has 6 nitrogen and oxygen atoms in total. The Hall–Kier alpha value is -3.02. The SMILES string of the molecule is COc1ccc2nc(Nc3ccc(CC(=O)O)cc3)[nH]c2c1. The van der Waals surface area contributed by atoms with E-state index in [0.29, 0.717) is 5.95 Å². The zero-order valence-electron chi connectivity index (χ0n) is 12.0. The quantitative estimate of drug-likeness (QED) is 0.674. The predicted octanol–water partition coefficient (Wildman–Crippen LogP) is 2.94. The summed E-state index contributed by atoms with van der Waals surface area (Å²) in [7, 11) is 1.62. The van der Waals surface area contributed by atoms with Crippen LogP contribution < -0.4 is 10.1 Å². The van der Waals surface area contributed by atoms with Gasteiger partial charge in [0.2, 0.25) is 5.95 Å². The number of imidazole rings is 1. The molecule has 0 atom stereocenters. The van der Waals surface area contributed by atoms with Crippen LogP contribution in [0.15, 0.2) is 42.5 Å². The van der Waals surface area contributed by atoms with E-state index in [9.17, 15) is 4.79 Å². The van der Waals surface area contributed by atoms with Crippen molar-refractivity contribution in [1.82, 2.24) is 9.97 Å². The number of aliphatic carboxylic acids is 1. The molecule has 1 heterocycles. The van der Waals surface area contributed by atoms with E-state index in [1.54, 1.807) is 19.2 Å². The Balaban J connectivity index is 1.79. The van der Waals surface area contributed by atoms with Gasteiger partial charge in [0.1, 0.15) is 5.75 Å². The van der Waals surface area contributed by atoms with E-state index in [1.165, 1.54) is 0 Å². The van der Waals surface area contributed by atoms with Gasteiger partial charge in [-0.05, 0) is 29.8 Å². The Kier molecular flexibility index (Phi) is 3.65. The van der Waals surface area contributed by atoms with Crippen LogP contribution in [0.3, 0.4) is 0 Å². The Morgan fingerprint density at radius 3 is 2.73 bits per heavy atom. The molecular formula is C16H15N3O3. The summed E-state index contributed by atoms with van der Waals surface area (Å²) >= 11 is 0. The molecule has 0 saturated heterocycles. The number of fused-ring (bicyclic) bond motifs is 1. The van der Waals surface area contributed by atoms with Crippen LogP contribution >= 0.6 is 0 Å². The van der Waals surface area contributed by atoms with Crippen molar-refractivity contribution in [3.05, 3.63) is 48.0 Å². The normalized spacial score (nSPS) is 10.6. The molecule has 3 rings (SSSR count). The van der Waals surface area contributed by atoms with Crippen molar-refractivity contribution in [1.29, 1.82) is 0 Å². The second-order valence-corrected chi connectivity index (χ2v) is 4.86. The van der Waals surface area contributed by atoms with Gasteiger partial charge in [0.25, 0.3) is 0 Å². The Labute approximate surface area is 126 Å². The molecule has 0 aliphatic heterocycles. The maximum atomic E-state index is 10.7. The predicted molar refractivity (Wildman–Crippen MR) is 83.7 cm³/mol. The maximum Gasteiger partial charge on any atom is 0.307 e. The maximum absolute atomic E-state index is 10.7. The fourth-order valence-corrected chi connectivity index (χ4v) is 2.19. The van der Waals surface area contributed by atoms with Gasteiger partial charge in [0.15, 0.2) is 0 Å². The second-order valence-electron chi connectivity index (χ2n) is 4.86. The van der Waals surface area contributed by atoms with Gasteiger partial charge in [-0.25, -0.2) is 4.98 Å². The van der Waals surface area contributed by atoms with Crippen LogP contribution in [0.1, 0.15) is 5.56 Å². The first-order valence-electron chi connectivity index (χ1n) is 6.75. The molecule has 0 aliphatic carbocycles. The molecule has 0 spiro atoms. The van der Waals surface area contributed by atoms with Crippen molar-refractivity contribution < 1.29 is 14.6 Å². The number of H-pyrrole nitrogens is 1. The molecule has 0 unspecified atom stereocenters. The summed E-state index contributed by atoms with van der Waals surface area (Å²) < 4.78 is 5.18. The van der Waals surface area contributed by atoms with Crippen molar-refractivity contribution >= 4 is 28.6 Å². The van der Waals surface area contributed by atoms with Gasteiger partial charge >= 0.3 is 5.97 Å². The third kappa shape index (κ3) is 3.01. The first kappa shape index (κ1) is 13.9. The first-order chi connectivity index (χ1) is 10.6. The molecule has 1 aromatic heterocycles. The lowest BCUT2D eigenvalue weighted by Crippen LogP contribution is -2.00. The Morgan fingerprint density at radius 2 is 2.05 bits per heavy atom. The van der Waals surface area contributed by atoms with E-state index in [0.717, 1.165) is 28.0 Å². The number of hydrogen-bond donors (Lipinski definition) is 3. The molecule has 3 aromatic rings. The highest BCUT2D eigenvalue weighted by Crippen LogP contribution is 2.22. The summed E-state index contributed by atoms with van der Waals surface area (Å²) in [6.45, 7) is 0. The zero-order valence-corrected chi connectivity index (χ0v) is 12.0. The first-order valence-corrected chi connectivity index (χ1v) is 6.75. The fraction of sp³-hybridized carbons (Fsp3) is 0.125. The van der Waals surface area contributed by atoms with Crippen molar-refractivity contribution in [2.24, 2.45) is 0 Å². The number of carbonyl (C=O) groups is 1. The second kappa shape index (κ2) is 5.77. The van der Waals surface area contributed by atoms with E-state index in [2.05, 4.69) is 15.3 Å². The topological polar surface area (TPSA) is 87.2 Å². The zero-order chi connectivity index (χ0) is 15.5. The molecule has 0 saturated carbocycles. The summed E-state index contributed by atoms with van der Waals surface area (Å²) in [6, 6.07) is 12.8. The van der Waals surface area contributed by atoms with Gasteiger partial charge in [-0.2, -0.15) is 0 Å². The van der Waals surface area contributed by atoms with E-state index in [-0.39, 0.29) is 6.42 Å². The average Bonchev–Trinajstić information content (AvgIpc) is 2.89. The number of carboxylic acids is 1. The number of nitrogens with one attached hydrogen (secondary N) is 2. The highest BCUT2D eigenvalue weighted by atomic mass is 16.5. The molecule has 22 heavy (non-hydrogen) atoms. The minimum atomic E-state index is -0.841. The van der Waals surface area contributed by atoms with Gasteiger partial charge in [0.05, 0.1) is 24.6 Å². The van der Waals surface area contributed by atoms with E-state index in [1.807, 2.05) is 30.3 Å². The molecule has 0 fully saturated rings. The van der Waals surface area contributed by atoms with Crippen LogP contribution in [0.2, 0.25) is 0 Å². The molecule has 3 N–H and O–H groups in total. The third-order valence-corrected chi connectivity index (χ3v) is 3.26. The lowest BCUT2D eigenvalue weighted by Gasteiger charge is -2.03. The van der Waals surface area contributed by atoms with Crippen molar-refractivity contribution in [2.45, 2.75) is 6.42 Å². The van der Waals surface area contributed by atoms with Gasteiger partial charge in [0, 0.05) is 11.8 Å². The standard InChI is InChI=1S/C16H15N3O3/c1-22-12-6-7-13-14(9-12)19-16(18-13)17-11-4-2-10(3-5-11)8-15(20)21/h2-7,9H,8H2,1H3,(H,20,21)(H2,17,18,19). The summed E-state index contributed by atoms with van der Waals surface area (Å²) in [5.74, 6) is 0.543. The fourth-order valence-electron chi connectivity index (χ4n) is 2.19. The molecule has 2 aromatic carbocycles. The van der Waals surface area contributed by atoms with Crippen LogP contribution in [0.25, 0.3) is 11.0 Å². The van der Waals surface area contributed by atoms with Crippen LogP contribution in [-0.2, 0) is 11.2 Å². The van der Waals surface area contributed by atoms with Gasteiger partial charge in [-0.3, -0.25) is 4.79 Å². The van der Waals surface area contributed by atoms with E-state index >= 15 is 0 Å². The van der Waals surface area contributed by atoms with Crippen LogP contribution in [0, 0.1) is 0 Å². The minimum absolute atomic E-state index is 0.0186. The number of benzene rings is 2. The number of carboxylic acid groups (broad SMARTS) is 1. The average molecular weight is 297 g/mol. The molecule has 112 valence electrons. The van der Waals surface area contributed by atoms with Gasteiger partial charge < -0.3 is 20.1 Å². The molecule has 0 bridgehead atoms. The van der Waals surface area contributed by atoms with Gasteiger partial charge in [-0.15, -0.1) is 0 Å². The summed E-state index contributed by atoms with van der Waals surface area (Å²) in [6.07, 6.45) is 0.0186. The number of ether oxygens (including phenoxy) is 1. The number of rotatable bonds is 5. The molecular weight excluding hydrogens is 282 g/mol. The lowest BCUT2D eigenvalue weighted by molar-refractivity contribution is -0.136. The molecule has 0 radical (unpaired) electrons. The lowest BCUT2D eigenvalue weighted by atomic mass is 10.1. The number of nitrogens with zero attached hydrogens (tertiary/aromatic N) is 1. The summed E-state index contributed by atoms with van der Waals surface area (Å²) in [5.41, 5.74) is 3.31. The van der Waals surface area contributed by atoms with Crippen molar-refractivity contribution in [2.75, 3.05) is 12.4 Å². The third-order valence-electron chi connectivity index (χ3n) is 3.26.